The van der Waals surface area contributed by atoms with Gasteiger partial charge in [-0.3, -0.25) is 4.79 Å². The van der Waals surface area contributed by atoms with Gasteiger partial charge >= 0.3 is 5.97 Å². The van der Waals surface area contributed by atoms with Gasteiger partial charge in [-0.15, -0.1) is 0 Å². The molecule has 0 bridgehead atoms. The van der Waals surface area contributed by atoms with Gasteiger partial charge in [-0.05, 0) is 6.08 Å². The number of rotatable bonds is 2. The molecule has 12 heavy (non-hydrogen) atoms. The second kappa shape index (κ2) is 3.08. The highest BCUT2D eigenvalue weighted by molar-refractivity contribution is 5.75. The van der Waals surface area contributed by atoms with Crippen molar-refractivity contribution in [1.82, 2.24) is 0 Å². The highest BCUT2D eigenvalue weighted by Gasteiger charge is 2.38. The molecule has 0 saturated carbocycles. The van der Waals surface area contributed by atoms with Gasteiger partial charge in [0.1, 0.15) is 11.5 Å². The quantitative estimate of drug-likeness (QED) is 0.524. The second-order valence-corrected chi connectivity index (χ2v) is 2.71. The maximum atomic E-state index is 10.6. The molecule has 1 aliphatic rings. The van der Waals surface area contributed by atoms with Crippen molar-refractivity contribution in [3.8, 4) is 0 Å². The number of aliphatic carboxylic acids is 1. The zero-order valence-electron chi connectivity index (χ0n) is 6.34. The predicted molar refractivity (Wildman–Crippen MR) is 41.4 cm³/mol. The Labute approximate surface area is 69.5 Å². The van der Waals surface area contributed by atoms with E-state index >= 15 is 0 Å². The first-order chi connectivity index (χ1) is 5.60. The Morgan fingerprint density at radius 2 is 2.17 bits per heavy atom. The molecule has 0 aliphatic heterocycles. The van der Waals surface area contributed by atoms with Crippen molar-refractivity contribution in [3.05, 3.63) is 24.3 Å². The average Bonchev–Trinajstić information content (AvgIpc) is 2.05. The zero-order valence-corrected chi connectivity index (χ0v) is 6.34. The lowest BCUT2D eigenvalue weighted by Gasteiger charge is -2.28. The van der Waals surface area contributed by atoms with Gasteiger partial charge in [0.25, 0.3) is 0 Å². The molecule has 1 rings (SSSR count). The van der Waals surface area contributed by atoms with E-state index in [1.54, 1.807) is 0 Å². The van der Waals surface area contributed by atoms with E-state index in [9.17, 15) is 9.90 Å². The SMILES string of the molecule is O=C(O)C1C=CC=CC1(O)CO. The zero-order chi connectivity index (χ0) is 9.19. The van der Waals surface area contributed by atoms with Crippen LogP contribution in [0.25, 0.3) is 0 Å². The van der Waals surface area contributed by atoms with Crippen molar-refractivity contribution in [2.75, 3.05) is 6.61 Å². The highest BCUT2D eigenvalue weighted by Crippen LogP contribution is 2.24. The molecule has 0 heterocycles. The maximum Gasteiger partial charge on any atom is 0.313 e. The summed E-state index contributed by atoms with van der Waals surface area (Å²) in [6.07, 6.45) is 5.67. The minimum absolute atomic E-state index is 0.592. The third-order valence-electron chi connectivity index (χ3n) is 1.86. The Hall–Kier alpha value is -1.13. The number of carboxylic acids is 1. The highest BCUT2D eigenvalue weighted by atomic mass is 16.4. The lowest BCUT2D eigenvalue weighted by molar-refractivity contribution is -0.148. The summed E-state index contributed by atoms with van der Waals surface area (Å²) in [7, 11) is 0. The lowest BCUT2D eigenvalue weighted by atomic mass is 9.84. The maximum absolute atomic E-state index is 10.6. The molecule has 1 aliphatic carbocycles. The number of aliphatic hydroxyl groups is 2. The molecule has 0 radical (unpaired) electrons. The van der Waals surface area contributed by atoms with E-state index in [1.165, 1.54) is 24.3 Å². The van der Waals surface area contributed by atoms with Crippen LogP contribution >= 0.6 is 0 Å². The molecule has 0 spiro atoms. The molecular formula is C8H10O4. The van der Waals surface area contributed by atoms with Gasteiger partial charge in [-0.25, -0.2) is 0 Å². The van der Waals surface area contributed by atoms with Gasteiger partial charge < -0.3 is 15.3 Å². The first-order valence-corrected chi connectivity index (χ1v) is 3.52. The van der Waals surface area contributed by atoms with Crippen LogP contribution in [0.4, 0.5) is 0 Å². The van der Waals surface area contributed by atoms with Crippen LogP contribution in [0, 0.1) is 5.92 Å². The Balaban J connectivity index is 2.92. The second-order valence-electron chi connectivity index (χ2n) is 2.71. The molecule has 0 aromatic carbocycles. The van der Waals surface area contributed by atoms with E-state index in [0.29, 0.717) is 0 Å². The minimum Gasteiger partial charge on any atom is -0.481 e. The fraction of sp³-hybridized carbons (Fsp3) is 0.375. The summed E-state index contributed by atoms with van der Waals surface area (Å²) >= 11 is 0. The van der Waals surface area contributed by atoms with E-state index in [0.717, 1.165) is 0 Å². The number of allylic oxidation sites excluding steroid dienone is 2. The Morgan fingerprint density at radius 3 is 2.58 bits per heavy atom. The Kier molecular flexibility index (Phi) is 2.30. The van der Waals surface area contributed by atoms with Crippen LogP contribution in [0.3, 0.4) is 0 Å². The molecule has 2 unspecified atom stereocenters. The standard InChI is InChI=1S/C8H10O4/c9-5-8(12)4-2-1-3-6(8)7(10)11/h1-4,6,9,12H,5H2,(H,10,11). The average molecular weight is 170 g/mol. The number of hydrogen-bond acceptors (Lipinski definition) is 3. The van der Waals surface area contributed by atoms with Crippen LogP contribution in [0.5, 0.6) is 0 Å². The van der Waals surface area contributed by atoms with Crippen molar-refractivity contribution in [3.63, 3.8) is 0 Å². The third kappa shape index (κ3) is 1.39. The molecule has 66 valence electrons. The molecule has 0 aromatic rings. The van der Waals surface area contributed by atoms with Crippen molar-refractivity contribution in [2.24, 2.45) is 5.92 Å². The predicted octanol–water partition coefficient (Wildman–Crippen LogP) is -0.463. The van der Waals surface area contributed by atoms with E-state index in [-0.39, 0.29) is 0 Å². The van der Waals surface area contributed by atoms with Crippen LogP contribution in [0.15, 0.2) is 24.3 Å². The summed E-state index contributed by atoms with van der Waals surface area (Å²) in [5, 5.41) is 27.0. The fourth-order valence-corrected chi connectivity index (χ4v) is 1.11. The van der Waals surface area contributed by atoms with E-state index in [4.69, 9.17) is 10.2 Å². The lowest BCUT2D eigenvalue weighted by Crippen LogP contribution is -2.43. The first-order valence-electron chi connectivity index (χ1n) is 3.52. The summed E-state index contributed by atoms with van der Waals surface area (Å²) < 4.78 is 0. The van der Waals surface area contributed by atoms with Crippen molar-refractivity contribution >= 4 is 5.97 Å². The van der Waals surface area contributed by atoms with Crippen LogP contribution in [0.2, 0.25) is 0 Å². The summed E-state index contributed by atoms with van der Waals surface area (Å²) in [6.45, 7) is -0.592. The van der Waals surface area contributed by atoms with Gasteiger partial charge in [-0.2, -0.15) is 0 Å². The summed E-state index contributed by atoms with van der Waals surface area (Å²) in [4.78, 5) is 10.6. The number of carboxylic acid groups (broad SMARTS) is 1. The van der Waals surface area contributed by atoms with Crippen LogP contribution < -0.4 is 0 Å². The van der Waals surface area contributed by atoms with E-state index < -0.39 is 24.1 Å². The van der Waals surface area contributed by atoms with Crippen LogP contribution in [-0.2, 0) is 4.79 Å². The molecular weight excluding hydrogens is 160 g/mol. The monoisotopic (exact) mass is 170 g/mol. The van der Waals surface area contributed by atoms with Gasteiger partial charge in [0.05, 0.1) is 6.61 Å². The van der Waals surface area contributed by atoms with Crippen LogP contribution in [-0.4, -0.2) is 33.5 Å². The molecule has 4 heteroatoms. The van der Waals surface area contributed by atoms with E-state index in [2.05, 4.69) is 0 Å². The van der Waals surface area contributed by atoms with E-state index in [1.807, 2.05) is 0 Å². The largest absolute Gasteiger partial charge is 0.481 e. The molecule has 2 atom stereocenters. The van der Waals surface area contributed by atoms with Gasteiger partial charge in [-0.1, -0.05) is 18.2 Å². The summed E-state index contributed by atoms with van der Waals surface area (Å²) in [6, 6.07) is 0. The number of aliphatic hydroxyl groups excluding tert-OH is 1. The molecule has 0 fully saturated rings. The molecule has 0 amide bonds. The van der Waals surface area contributed by atoms with Gasteiger partial charge in [0, 0.05) is 0 Å². The minimum atomic E-state index is -1.65. The molecule has 0 aromatic heterocycles. The molecule has 3 N–H and O–H groups in total. The van der Waals surface area contributed by atoms with Gasteiger partial charge in [0.15, 0.2) is 0 Å². The van der Waals surface area contributed by atoms with Gasteiger partial charge in [0.2, 0.25) is 0 Å². The summed E-state index contributed by atoms with van der Waals surface area (Å²) in [5.41, 5.74) is -1.65. The van der Waals surface area contributed by atoms with Crippen molar-refractivity contribution in [1.29, 1.82) is 0 Å². The Morgan fingerprint density at radius 1 is 1.50 bits per heavy atom. The van der Waals surface area contributed by atoms with Crippen LogP contribution in [0.1, 0.15) is 0 Å². The topological polar surface area (TPSA) is 77.8 Å². The Bertz CT molecular complexity index is 243. The number of carbonyl (C=O) groups is 1. The smallest absolute Gasteiger partial charge is 0.313 e. The normalized spacial score (nSPS) is 33.7. The third-order valence-corrected chi connectivity index (χ3v) is 1.86. The van der Waals surface area contributed by atoms with Crippen molar-refractivity contribution in [2.45, 2.75) is 5.60 Å². The number of hydrogen-bond donors (Lipinski definition) is 3. The van der Waals surface area contributed by atoms with Crippen molar-refractivity contribution < 1.29 is 20.1 Å². The summed E-state index contributed by atoms with van der Waals surface area (Å²) in [5.74, 6) is -2.21. The molecule has 4 nitrogen and oxygen atoms in total. The fourth-order valence-electron chi connectivity index (χ4n) is 1.11. The molecule has 0 saturated heterocycles. The first kappa shape index (κ1) is 8.96.